The number of rotatable bonds is 3. The Morgan fingerprint density at radius 3 is 2.53 bits per heavy atom. The summed E-state index contributed by atoms with van der Waals surface area (Å²) in [5.41, 5.74) is 1.01. The molecule has 0 fully saturated rings. The van der Waals surface area contributed by atoms with Crippen LogP contribution in [-0.4, -0.2) is 21.2 Å². The maximum absolute atomic E-state index is 4.58. The second-order valence-electron chi connectivity index (χ2n) is 4.09. The van der Waals surface area contributed by atoms with Gasteiger partial charge in [-0.15, -0.1) is 0 Å². The third-order valence-electron chi connectivity index (χ3n) is 2.87. The van der Waals surface area contributed by atoms with E-state index in [-0.39, 0.29) is 0 Å². The van der Waals surface area contributed by atoms with E-state index in [1.165, 1.54) is 19.4 Å². The van der Waals surface area contributed by atoms with Gasteiger partial charge in [0.2, 0.25) is 0 Å². The summed E-state index contributed by atoms with van der Waals surface area (Å²) in [6, 6.07) is 18.7. The maximum atomic E-state index is 4.58. The summed E-state index contributed by atoms with van der Waals surface area (Å²) in [5, 5.41) is 1.39. The molecule has 1 heterocycles. The van der Waals surface area contributed by atoms with Gasteiger partial charge in [-0.2, -0.15) is 0 Å². The van der Waals surface area contributed by atoms with Gasteiger partial charge in [0.05, 0.1) is 0 Å². The van der Waals surface area contributed by atoms with E-state index in [2.05, 4.69) is 35.1 Å². The van der Waals surface area contributed by atoms with E-state index in [0.29, 0.717) is 15.0 Å². The first kappa shape index (κ1) is 12.6. The predicted molar refractivity (Wildman–Crippen MR) is 86.8 cm³/mol. The molecule has 3 rings (SSSR count). The molecule has 0 N–H and O–H groups in total. The molecular weight excluding hydrogens is 317 g/mol. The molecule has 0 saturated carbocycles. The second-order valence-corrected chi connectivity index (χ2v) is 6.89. The van der Waals surface area contributed by atoms with Crippen LogP contribution in [-0.2, 0) is 0 Å². The molecule has 2 aromatic carbocycles. The Bertz CT molecular complexity index is 716. The SMILES string of the molecule is C[Se]c1c(C=Nc2ccccc2)sc2ccccc12. The van der Waals surface area contributed by atoms with Crippen molar-refractivity contribution in [3.05, 3.63) is 59.5 Å². The van der Waals surface area contributed by atoms with Gasteiger partial charge in [-0.1, -0.05) is 0 Å². The van der Waals surface area contributed by atoms with Crippen LogP contribution in [0.5, 0.6) is 0 Å². The van der Waals surface area contributed by atoms with Crippen molar-refractivity contribution in [1.29, 1.82) is 0 Å². The standard InChI is InChI=1S/C16H13NSSe/c1-19-16-13-9-5-6-10-14(13)18-15(16)11-17-12-7-3-2-4-8-12/h2-11H,1H3. The first-order chi connectivity index (χ1) is 9.38. The minimum atomic E-state index is 0.484. The van der Waals surface area contributed by atoms with Gasteiger partial charge in [0.1, 0.15) is 0 Å². The van der Waals surface area contributed by atoms with Crippen molar-refractivity contribution in [3.8, 4) is 0 Å². The Morgan fingerprint density at radius 2 is 1.74 bits per heavy atom. The number of nitrogens with zero attached hydrogens (tertiary/aromatic N) is 1. The monoisotopic (exact) mass is 331 g/mol. The molecule has 0 unspecified atom stereocenters. The Hall–Kier alpha value is -1.41. The Kier molecular flexibility index (Phi) is 3.79. The molecule has 0 radical (unpaired) electrons. The van der Waals surface area contributed by atoms with E-state index < -0.39 is 0 Å². The second kappa shape index (κ2) is 5.70. The Balaban J connectivity index is 2.03. The molecule has 0 spiro atoms. The summed E-state index contributed by atoms with van der Waals surface area (Å²) in [6.45, 7) is 0. The van der Waals surface area contributed by atoms with Crippen LogP contribution in [0.15, 0.2) is 59.6 Å². The molecule has 0 aliphatic rings. The fourth-order valence-electron chi connectivity index (χ4n) is 1.98. The van der Waals surface area contributed by atoms with Crippen LogP contribution < -0.4 is 4.46 Å². The van der Waals surface area contributed by atoms with Crippen molar-refractivity contribution in [3.63, 3.8) is 0 Å². The van der Waals surface area contributed by atoms with E-state index in [4.69, 9.17) is 0 Å². The number of benzene rings is 2. The zero-order chi connectivity index (χ0) is 13.1. The molecule has 0 atom stereocenters. The van der Waals surface area contributed by atoms with Crippen LogP contribution in [0.25, 0.3) is 10.1 Å². The van der Waals surface area contributed by atoms with Crippen molar-refractivity contribution < 1.29 is 0 Å². The van der Waals surface area contributed by atoms with Crippen molar-refractivity contribution in [2.45, 2.75) is 5.82 Å². The fourth-order valence-corrected chi connectivity index (χ4v) is 5.16. The van der Waals surface area contributed by atoms with E-state index >= 15 is 0 Å². The van der Waals surface area contributed by atoms with Gasteiger partial charge in [0.25, 0.3) is 0 Å². The molecule has 19 heavy (non-hydrogen) atoms. The minimum absolute atomic E-state index is 0.484. The number of para-hydroxylation sites is 1. The van der Waals surface area contributed by atoms with E-state index in [1.807, 2.05) is 47.9 Å². The Labute approximate surface area is 123 Å². The van der Waals surface area contributed by atoms with Gasteiger partial charge in [0, 0.05) is 0 Å². The van der Waals surface area contributed by atoms with Gasteiger partial charge in [-0.3, -0.25) is 0 Å². The van der Waals surface area contributed by atoms with Crippen LogP contribution >= 0.6 is 11.3 Å². The average molecular weight is 330 g/mol. The molecule has 3 heteroatoms. The molecule has 94 valence electrons. The number of thiophene rings is 1. The van der Waals surface area contributed by atoms with Crippen molar-refractivity contribution in [2.24, 2.45) is 4.99 Å². The number of aliphatic imine (C=N–C) groups is 1. The summed E-state index contributed by atoms with van der Waals surface area (Å²) >= 11 is 2.32. The quantitative estimate of drug-likeness (QED) is 0.508. The zero-order valence-electron chi connectivity index (χ0n) is 10.5. The van der Waals surface area contributed by atoms with Crippen LogP contribution in [0.4, 0.5) is 5.69 Å². The van der Waals surface area contributed by atoms with Gasteiger partial charge in [0.15, 0.2) is 0 Å². The van der Waals surface area contributed by atoms with E-state index in [9.17, 15) is 0 Å². The first-order valence-electron chi connectivity index (χ1n) is 6.03. The normalized spacial score (nSPS) is 11.4. The summed E-state index contributed by atoms with van der Waals surface area (Å²) < 4.78 is 2.82. The fraction of sp³-hybridized carbons (Fsp3) is 0.0625. The van der Waals surface area contributed by atoms with Gasteiger partial charge < -0.3 is 0 Å². The van der Waals surface area contributed by atoms with Crippen molar-refractivity contribution >= 4 is 52.7 Å². The van der Waals surface area contributed by atoms with Crippen LogP contribution in [0.3, 0.4) is 0 Å². The third kappa shape index (κ3) is 2.64. The number of hydrogen-bond acceptors (Lipinski definition) is 2. The number of fused-ring (bicyclic) bond motifs is 1. The molecular formula is C16H13NSSe. The van der Waals surface area contributed by atoms with Crippen molar-refractivity contribution in [1.82, 2.24) is 0 Å². The zero-order valence-corrected chi connectivity index (χ0v) is 13.1. The summed E-state index contributed by atoms with van der Waals surface area (Å²) in [5.74, 6) is 2.27. The molecule has 0 bridgehead atoms. The van der Waals surface area contributed by atoms with E-state index in [1.54, 1.807) is 0 Å². The average Bonchev–Trinajstić information content (AvgIpc) is 2.83. The summed E-state index contributed by atoms with van der Waals surface area (Å²) in [4.78, 5) is 5.87. The molecule has 0 aliphatic carbocycles. The van der Waals surface area contributed by atoms with Crippen LogP contribution in [0.2, 0.25) is 5.82 Å². The van der Waals surface area contributed by atoms with E-state index in [0.717, 1.165) is 5.69 Å². The van der Waals surface area contributed by atoms with Crippen molar-refractivity contribution in [2.75, 3.05) is 0 Å². The predicted octanol–water partition coefficient (Wildman–Crippen LogP) is 4.03. The van der Waals surface area contributed by atoms with Crippen LogP contribution in [0.1, 0.15) is 4.88 Å². The topological polar surface area (TPSA) is 12.4 Å². The van der Waals surface area contributed by atoms with Crippen LogP contribution in [0, 0.1) is 0 Å². The molecule has 1 aromatic heterocycles. The molecule has 0 amide bonds. The molecule has 1 nitrogen and oxygen atoms in total. The van der Waals surface area contributed by atoms with Gasteiger partial charge >= 0.3 is 123 Å². The molecule has 0 aliphatic heterocycles. The molecule has 0 saturated heterocycles. The number of hydrogen-bond donors (Lipinski definition) is 0. The van der Waals surface area contributed by atoms with Gasteiger partial charge in [-0.05, 0) is 0 Å². The van der Waals surface area contributed by atoms with Gasteiger partial charge in [-0.25, -0.2) is 0 Å². The summed E-state index contributed by atoms with van der Waals surface area (Å²) in [7, 11) is 0. The summed E-state index contributed by atoms with van der Waals surface area (Å²) in [6.07, 6.45) is 2.01. The first-order valence-corrected chi connectivity index (χ1v) is 9.42. The third-order valence-corrected chi connectivity index (χ3v) is 6.04. The Morgan fingerprint density at radius 1 is 1.00 bits per heavy atom. The molecule has 3 aromatic rings.